The Hall–Kier alpha value is -7.60. The second kappa shape index (κ2) is 22.1. The van der Waals surface area contributed by atoms with Crippen LogP contribution in [0.3, 0.4) is 0 Å². The molecule has 7 aliphatic rings. The summed E-state index contributed by atoms with van der Waals surface area (Å²) in [6.45, 7) is 8.77. The van der Waals surface area contributed by atoms with Crippen LogP contribution in [0.15, 0.2) is 46.0 Å². The van der Waals surface area contributed by atoms with Crippen molar-refractivity contribution in [3.63, 3.8) is 0 Å². The molecule has 6 aromatic rings. The first-order valence-corrected chi connectivity index (χ1v) is 27.1. The summed E-state index contributed by atoms with van der Waals surface area (Å²) in [5, 5.41) is 27.1. The molecule has 5 N–H and O–H groups in total. The molecule has 0 unspecified atom stereocenters. The number of aromatic nitrogens is 4. The van der Waals surface area contributed by atoms with Crippen molar-refractivity contribution >= 4 is 45.3 Å². The van der Waals surface area contributed by atoms with E-state index < -0.39 is 23.1 Å². The summed E-state index contributed by atoms with van der Waals surface area (Å²) in [5.41, 5.74) is 8.57. The van der Waals surface area contributed by atoms with Crippen molar-refractivity contribution in [2.75, 3.05) is 46.4 Å². The number of esters is 2. The van der Waals surface area contributed by atoms with Crippen molar-refractivity contribution in [2.45, 2.75) is 123 Å². The largest absolute Gasteiger partial charge is 0.458 e. The highest BCUT2D eigenvalue weighted by Crippen LogP contribution is 2.46. The van der Waals surface area contributed by atoms with E-state index in [1.54, 1.807) is 47.2 Å². The maximum atomic E-state index is 13.5. The van der Waals surface area contributed by atoms with E-state index >= 15 is 0 Å². The van der Waals surface area contributed by atoms with E-state index in [4.69, 9.17) is 53.6 Å². The molecule has 22 nitrogen and oxygen atoms in total. The molecule has 0 bridgehead atoms. The standard InChI is InChI=1S/C27H26N2O8.C26H25N3O8.C5H11N/c1-3-14(30)5-6-34-11-17-15-7-22-23(37-13-36-22)9-20(15)28-24-16(17)10-29-21(24)8-19-18(25(29)31)12-35-26(32)27(19,33)4-2;1-2-26(33)18-6-20-23-15(9-29(20)24(31)17(18)11-35-25(26)32)16(10-34-4-3-13(30)8-27)14-5-21-22(37-12-36-21)7-19(14)28-23;1-2-4-6-5-3-1/h7-9,33H,3-6,10-13H2,1-2H3;5-7,33H,2-4,8-12,27H2,1H3;6H,1-5H2/t27-;26-;/m00./s1. The predicted molar refractivity (Wildman–Crippen MR) is 286 cm³/mol. The van der Waals surface area contributed by atoms with Gasteiger partial charge in [-0.25, -0.2) is 19.6 Å². The van der Waals surface area contributed by atoms with Crippen LogP contribution in [0.5, 0.6) is 23.0 Å². The molecule has 13 rings (SSSR count). The summed E-state index contributed by atoms with van der Waals surface area (Å²) < 4.78 is 47.5. The zero-order valence-electron chi connectivity index (χ0n) is 44.8. The van der Waals surface area contributed by atoms with E-state index in [-0.39, 0.29) is 137 Å². The summed E-state index contributed by atoms with van der Waals surface area (Å²) >= 11 is 0. The van der Waals surface area contributed by atoms with Crippen molar-refractivity contribution < 1.29 is 67.3 Å². The number of nitrogens with zero attached hydrogens (tertiary/aromatic N) is 4. The van der Waals surface area contributed by atoms with Crippen LogP contribution in [-0.4, -0.2) is 99.3 Å². The van der Waals surface area contributed by atoms with E-state index in [9.17, 15) is 39.0 Å². The van der Waals surface area contributed by atoms with E-state index in [2.05, 4.69) is 5.32 Å². The van der Waals surface area contributed by atoms with Crippen molar-refractivity contribution in [3.8, 4) is 45.8 Å². The molecule has 0 spiro atoms. The van der Waals surface area contributed by atoms with E-state index in [1.165, 1.54) is 32.4 Å². The molecule has 2 aromatic carbocycles. The number of hydrogen-bond acceptors (Lipinski definition) is 20. The van der Waals surface area contributed by atoms with Gasteiger partial charge in [-0.1, -0.05) is 27.2 Å². The number of ketones is 2. The number of nitrogens with one attached hydrogen (secondary N) is 1. The Morgan fingerprint density at radius 2 is 1.05 bits per heavy atom. The highest BCUT2D eigenvalue weighted by atomic mass is 16.7. The average Bonchev–Trinajstić information content (AvgIpc) is 4.48. The second-order valence-corrected chi connectivity index (χ2v) is 20.5. The fourth-order valence-corrected chi connectivity index (χ4v) is 11.2. The number of fused-ring (bicyclic) bond motifs is 12. The lowest BCUT2D eigenvalue weighted by molar-refractivity contribution is -0.172. The van der Waals surface area contributed by atoms with Gasteiger partial charge in [0.1, 0.15) is 24.8 Å². The molecule has 1 fully saturated rings. The van der Waals surface area contributed by atoms with Gasteiger partial charge < -0.3 is 68.3 Å². The Kier molecular flexibility index (Phi) is 15.1. The van der Waals surface area contributed by atoms with Crippen molar-refractivity contribution in [2.24, 2.45) is 5.73 Å². The number of nitrogens with two attached hydrogens (primary N) is 1. The first kappa shape index (κ1) is 54.4. The minimum atomic E-state index is -1.91. The highest BCUT2D eigenvalue weighted by molar-refractivity contribution is 5.93. The molecule has 0 radical (unpaired) electrons. The van der Waals surface area contributed by atoms with Crippen molar-refractivity contribution in [1.82, 2.24) is 24.4 Å². The number of rotatable bonds is 14. The molecule has 22 heteroatoms. The third-order valence-electron chi connectivity index (χ3n) is 16.0. The molecule has 7 aliphatic heterocycles. The van der Waals surface area contributed by atoms with E-state index in [0.717, 1.165) is 33.0 Å². The molecule has 80 heavy (non-hydrogen) atoms. The normalized spacial score (nSPS) is 19.3. The molecule has 2 atom stereocenters. The van der Waals surface area contributed by atoms with Gasteiger partial charge in [-0.2, -0.15) is 0 Å². The van der Waals surface area contributed by atoms with Crippen molar-refractivity contribution in [3.05, 3.63) is 102 Å². The average molecular weight is 1100 g/mol. The van der Waals surface area contributed by atoms with Gasteiger partial charge in [-0.05, 0) is 74.2 Å². The first-order chi connectivity index (χ1) is 38.7. The van der Waals surface area contributed by atoms with Crippen LogP contribution in [0.2, 0.25) is 0 Å². The zero-order chi connectivity index (χ0) is 56.0. The van der Waals surface area contributed by atoms with Crippen LogP contribution in [-0.2, 0) is 88.8 Å². The third kappa shape index (κ3) is 9.55. The lowest BCUT2D eigenvalue weighted by Gasteiger charge is -2.31. The van der Waals surface area contributed by atoms with Crippen LogP contribution in [0.1, 0.15) is 117 Å². The minimum Gasteiger partial charge on any atom is -0.458 e. The van der Waals surface area contributed by atoms with Gasteiger partial charge in [0.15, 0.2) is 34.2 Å². The van der Waals surface area contributed by atoms with Gasteiger partial charge in [0.25, 0.3) is 11.1 Å². The quantitative estimate of drug-likeness (QED) is 0.0848. The van der Waals surface area contributed by atoms with Gasteiger partial charge in [0.2, 0.25) is 13.6 Å². The second-order valence-electron chi connectivity index (χ2n) is 20.5. The number of Topliss-reactive ketones (excluding diaryl/α,β-unsaturated/α-hetero) is 2. The van der Waals surface area contributed by atoms with Crippen LogP contribution >= 0.6 is 0 Å². The monoisotopic (exact) mass is 1100 g/mol. The number of aliphatic hydroxyl groups is 2. The van der Waals surface area contributed by atoms with Crippen LogP contribution in [0.4, 0.5) is 0 Å². The maximum Gasteiger partial charge on any atom is 0.343 e. The van der Waals surface area contributed by atoms with Crippen LogP contribution in [0, 0.1) is 0 Å². The minimum absolute atomic E-state index is 0.0420. The number of carbonyl (C=O) groups excluding carboxylic acids is 4. The number of piperidine rings is 1. The van der Waals surface area contributed by atoms with E-state index in [1.807, 2.05) is 19.1 Å². The Labute approximate surface area is 458 Å². The van der Waals surface area contributed by atoms with Gasteiger partial charge in [-0.15, -0.1) is 0 Å². The molecule has 0 saturated carbocycles. The van der Waals surface area contributed by atoms with Gasteiger partial charge in [0, 0.05) is 64.4 Å². The summed E-state index contributed by atoms with van der Waals surface area (Å²) in [6, 6.07) is 10.6. The first-order valence-electron chi connectivity index (χ1n) is 27.1. The predicted octanol–water partition coefficient (Wildman–Crippen LogP) is 4.70. The molecule has 420 valence electrons. The number of pyridine rings is 4. The Morgan fingerprint density at radius 3 is 1.44 bits per heavy atom. The maximum absolute atomic E-state index is 13.5. The Morgan fingerprint density at radius 1 is 0.613 bits per heavy atom. The van der Waals surface area contributed by atoms with Crippen LogP contribution < -0.4 is 41.1 Å². The molecular formula is C58H62N6O16. The van der Waals surface area contributed by atoms with Gasteiger partial charge in [0.05, 0.1) is 91.0 Å². The topological polar surface area (TPSA) is 290 Å². The number of hydrogen-bond donors (Lipinski definition) is 4. The summed E-state index contributed by atoms with van der Waals surface area (Å²) in [6.07, 6.45) is 5.32. The fraction of sp³-hybridized carbons (Fsp3) is 0.448. The molecular weight excluding hydrogens is 1040 g/mol. The smallest absolute Gasteiger partial charge is 0.343 e. The molecule has 1 saturated heterocycles. The molecule has 4 aromatic heterocycles. The van der Waals surface area contributed by atoms with Crippen LogP contribution in [0.25, 0.3) is 44.6 Å². The highest BCUT2D eigenvalue weighted by Gasteiger charge is 2.47. The third-order valence-corrected chi connectivity index (χ3v) is 16.0. The SMILES string of the molecule is C1CCNCC1.CCC(=O)CCOCc1c2c(nc3cc4c(cc13)OCO4)-c1cc3c(c(=O)n1C2)COC(=O)[C@]3(O)CC.CC[C@@]1(O)C(=O)OCc2c1cc1n(c2=O)Cc2c-1nc1cc3c(cc1c2COCCC(=O)CN)OCO3. The van der Waals surface area contributed by atoms with E-state index in [0.29, 0.717) is 69.6 Å². The number of ether oxygens (including phenoxy) is 8. The van der Waals surface area contributed by atoms with Gasteiger partial charge in [-0.3, -0.25) is 19.2 Å². The number of benzene rings is 2. The molecule has 0 aliphatic carbocycles. The lowest BCUT2D eigenvalue weighted by atomic mass is 9.86. The van der Waals surface area contributed by atoms with Crippen molar-refractivity contribution in [1.29, 1.82) is 0 Å². The summed E-state index contributed by atoms with van der Waals surface area (Å²) in [4.78, 5) is 85.1. The number of carbonyl (C=O) groups is 4. The lowest BCUT2D eigenvalue weighted by Crippen LogP contribution is -2.44. The summed E-state index contributed by atoms with van der Waals surface area (Å²) in [5.74, 6) is 0.804. The van der Waals surface area contributed by atoms with Gasteiger partial charge >= 0.3 is 11.9 Å². The fourth-order valence-electron chi connectivity index (χ4n) is 11.2. The Balaban J connectivity index is 0.000000153. The number of cyclic esters (lactones) is 2. The molecule has 11 heterocycles. The molecule has 0 amide bonds. The summed E-state index contributed by atoms with van der Waals surface area (Å²) in [7, 11) is 0. The Bertz CT molecular complexity index is 3420. The zero-order valence-corrected chi connectivity index (χ0v) is 44.8.